The molecule has 2 rings (SSSR count). The van der Waals surface area contributed by atoms with Crippen molar-refractivity contribution in [1.82, 2.24) is 15.2 Å². The van der Waals surface area contributed by atoms with Gasteiger partial charge in [0.2, 0.25) is 0 Å². The normalized spacial score (nSPS) is 17.3. The number of anilines is 1. The van der Waals surface area contributed by atoms with E-state index in [9.17, 15) is 0 Å². The molecule has 0 saturated heterocycles. The van der Waals surface area contributed by atoms with Crippen LogP contribution in [0.2, 0.25) is 0 Å². The van der Waals surface area contributed by atoms with Crippen LogP contribution in [0.25, 0.3) is 0 Å². The van der Waals surface area contributed by atoms with Crippen molar-refractivity contribution in [3.63, 3.8) is 0 Å². The van der Waals surface area contributed by atoms with Crippen LogP contribution in [0.5, 0.6) is 0 Å². The lowest BCUT2D eigenvalue weighted by molar-refractivity contribution is 0.216. The summed E-state index contributed by atoms with van der Waals surface area (Å²) in [7, 11) is 1.79. The van der Waals surface area contributed by atoms with Gasteiger partial charge in [0.15, 0.2) is 0 Å². The van der Waals surface area contributed by atoms with Crippen molar-refractivity contribution in [2.24, 2.45) is 12.9 Å². The minimum atomic E-state index is -0.207. The first-order valence-electron chi connectivity index (χ1n) is 4.80. The van der Waals surface area contributed by atoms with E-state index in [2.05, 4.69) is 10.5 Å². The molecule has 0 amide bonds. The molecule has 1 aliphatic rings. The van der Waals surface area contributed by atoms with Crippen molar-refractivity contribution in [3.05, 3.63) is 23.6 Å². The van der Waals surface area contributed by atoms with E-state index in [1.165, 1.54) is 0 Å². The van der Waals surface area contributed by atoms with Gasteiger partial charge >= 0.3 is 0 Å². The number of nitrogens with two attached hydrogens (primary N) is 2. The molecule has 0 aliphatic carbocycles. The molecule has 0 bridgehead atoms. The molecule has 5 N–H and O–H groups in total. The highest BCUT2D eigenvalue weighted by molar-refractivity contribution is 5.43. The SMILES string of the molecule is Cn1ncc(C(NN)C2=CCCO2)c1N. The molecule has 1 aromatic rings. The van der Waals surface area contributed by atoms with E-state index < -0.39 is 0 Å². The number of nitrogens with zero attached hydrogens (tertiary/aromatic N) is 2. The fourth-order valence-corrected chi connectivity index (χ4v) is 1.65. The average Bonchev–Trinajstić information content (AvgIpc) is 2.84. The maximum absolute atomic E-state index is 5.87. The van der Waals surface area contributed by atoms with E-state index in [1.807, 2.05) is 6.08 Å². The molecule has 15 heavy (non-hydrogen) atoms. The molecule has 0 fully saturated rings. The lowest BCUT2D eigenvalue weighted by atomic mass is 10.1. The highest BCUT2D eigenvalue weighted by atomic mass is 16.5. The van der Waals surface area contributed by atoms with E-state index in [1.54, 1.807) is 17.9 Å². The van der Waals surface area contributed by atoms with Crippen LogP contribution < -0.4 is 17.0 Å². The summed E-state index contributed by atoms with van der Waals surface area (Å²) < 4.78 is 7.06. The third-order valence-corrected chi connectivity index (χ3v) is 2.51. The number of nitrogens with one attached hydrogen (secondary N) is 1. The van der Waals surface area contributed by atoms with Gasteiger partial charge in [-0.3, -0.25) is 10.5 Å². The number of aryl methyl sites for hydroxylation is 1. The predicted molar refractivity (Wildman–Crippen MR) is 56.3 cm³/mol. The van der Waals surface area contributed by atoms with Crippen LogP contribution in [0.3, 0.4) is 0 Å². The molecule has 1 aromatic heterocycles. The largest absolute Gasteiger partial charge is 0.496 e. The van der Waals surface area contributed by atoms with Gasteiger partial charge in [0.05, 0.1) is 12.8 Å². The molecule has 0 saturated carbocycles. The molecule has 0 radical (unpaired) electrons. The first-order chi connectivity index (χ1) is 7.24. The average molecular weight is 209 g/mol. The third-order valence-electron chi connectivity index (χ3n) is 2.51. The highest BCUT2D eigenvalue weighted by Gasteiger charge is 2.23. The molecule has 82 valence electrons. The summed E-state index contributed by atoms with van der Waals surface area (Å²) in [4.78, 5) is 0. The van der Waals surface area contributed by atoms with Crippen molar-refractivity contribution in [2.75, 3.05) is 12.3 Å². The molecule has 2 heterocycles. The maximum Gasteiger partial charge on any atom is 0.126 e. The smallest absolute Gasteiger partial charge is 0.126 e. The molecule has 6 nitrogen and oxygen atoms in total. The fraction of sp³-hybridized carbons (Fsp3) is 0.444. The van der Waals surface area contributed by atoms with Crippen LogP contribution in [-0.4, -0.2) is 16.4 Å². The Bertz CT molecular complexity index is 384. The number of nitrogen functional groups attached to an aromatic ring is 1. The van der Waals surface area contributed by atoms with E-state index in [-0.39, 0.29) is 6.04 Å². The molecule has 6 heteroatoms. The zero-order valence-electron chi connectivity index (χ0n) is 8.60. The van der Waals surface area contributed by atoms with E-state index >= 15 is 0 Å². The summed E-state index contributed by atoms with van der Waals surface area (Å²) in [6.45, 7) is 0.702. The summed E-state index contributed by atoms with van der Waals surface area (Å²) in [6.07, 6.45) is 4.62. The summed E-state index contributed by atoms with van der Waals surface area (Å²) >= 11 is 0. The van der Waals surface area contributed by atoms with Gasteiger partial charge in [0.25, 0.3) is 0 Å². The Balaban J connectivity index is 2.30. The van der Waals surface area contributed by atoms with Crippen LogP contribution >= 0.6 is 0 Å². The zero-order chi connectivity index (χ0) is 10.8. The Morgan fingerprint density at radius 3 is 2.93 bits per heavy atom. The molecule has 1 aliphatic heterocycles. The maximum atomic E-state index is 5.87. The van der Waals surface area contributed by atoms with Crippen molar-refractivity contribution in [2.45, 2.75) is 12.5 Å². The van der Waals surface area contributed by atoms with Gasteiger partial charge in [-0.05, 0) is 6.08 Å². The number of hydrazine groups is 1. The van der Waals surface area contributed by atoms with Gasteiger partial charge in [-0.2, -0.15) is 5.10 Å². The van der Waals surface area contributed by atoms with Crippen LogP contribution in [0.15, 0.2) is 18.0 Å². The lowest BCUT2D eigenvalue weighted by Crippen LogP contribution is -2.30. The van der Waals surface area contributed by atoms with Gasteiger partial charge in [-0.15, -0.1) is 0 Å². The van der Waals surface area contributed by atoms with Crippen LogP contribution in [0, 0.1) is 0 Å². The van der Waals surface area contributed by atoms with Crippen molar-refractivity contribution < 1.29 is 4.74 Å². The number of rotatable bonds is 3. The number of hydrogen-bond acceptors (Lipinski definition) is 5. The quantitative estimate of drug-likeness (QED) is 0.474. The number of hydrogen-bond donors (Lipinski definition) is 3. The Morgan fingerprint density at radius 2 is 2.47 bits per heavy atom. The van der Waals surface area contributed by atoms with Crippen LogP contribution in [0.1, 0.15) is 18.0 Å². The third kappa shape index (κ3) is 1.69. The van der Waals surface area contributed by atoms with Crippen LogP contribution in [0.4, 0.5) is 5.82 Å². The predicted octanol–water partition coefficient (Wildman–Crippen LogP) is -0.189. The lowest BCUT2D eigenvalue weighted by Gasteiger charge is -2.16. The Hall–Kier alpha value is -1.53. The standard InChI is InChI=1S/C9H15N5O/c1-14-9(10)6(5-12-14)8(13-11)7-3-2-4-15-7/h3,5,8,13H,2,4,10-11H2,1H3. The zero-order valence-corrected chi connectivity index (χ0v) is 8.60. The second-order valence-electron chi connectivity index (χ2n) is 3.45. The molecule has 1 atom stereocenters. The van der Waals surface area contributed by atoms with Crippen molar-refractivity contribution in [1.29, 1.82) is 0 Å². The molecule has 0 aromatic carbocycles. The molecular formula is C9H15N5O. The minimum absolute atomic E-state index is 0.207. The summed E-state index contributed by atoms with van der Waals surface area (Å²) in [5, 5.41) is 4.07. The summed E-state index contributed by atoms with van der Waals surface area (Å²) in [6, 6.07) is -0.207. The van der Waals surface area contributed by atoms with E-state index in [4.69, 9.17) is 16.3 Å². The van der Waals surface area contributed by atoms with Crippen molar-refractivity contribution in [3.8, 4) is 0 Å². The van der Waals surface area contributed by atoms with Gasteiger partial charge in [0.1, 0.15) is 17.6 Å². The Morgan fingerprint density at radius 1 is 1.67 bits per heavy atom. The first kappa shape index (κ1) is 10.0. The number of ether oxygens (including phenoxy) is 1. The fourth-order valence-electron chi connectivity index (χ4n) is 1.65. The van der Waals surface area contributed by atoms with Crippen molar-refractivity contribution >= 4 is 5.82 Å². The van der Waals surface area contributed by atoms with Gasteiger partial charge in [0, 0.05) is 19.0 Å². The van der Waals surface area contributed by atoms with Gasteiger partial charge < -0.3 is 10.5 Å². The van der Waals surface area contributed by atoms with E-state index in [0.29, 0.717) is 12.4 Å². The van der Waals surface area contributed by atoms with Gasteiger partial charge in [-0.25, -0.2) is 5.43 Å². The number of aromatic nitrogens is 2. The highest BCUT2D eigenvalue weighted by Crippen LogP contribution is 2.28. The summed E-state index contributed by atoms with van der Waals surface area (Å²) in [5.41, 5.74) is 9.40. The Kier molecular flexibility index (Phi) is 2.61. The molecule has 1 unspecified atom stereocenters. The second-order valence-corrected chi connectivity index (χ2v) is 3.45. The Labute approximate surface area is 87.8 Å². The molecule has 0 spiro atoms. The monoisotopic (exact) mass is 209 g/mol. The minimum Gasteiger partial charge on any atom is -0.496 e. The topological polar surface area (TPSA) is 91.1 Å². The first-order valence-corrected chi connectivity index (χ1v) is 4.80. The van der Waals surface area contributed by atoms with Crippen LogP contribution in [-0.2, 0) is 11.8 Å². The summed E-state index contributed by atoms with van der Waals surface area (Å²) in [5.74, 6) is 6.91. The van der Waals surface area contributed by atoms with Gasteiger partial charge in [-0.1, -0.05) is 0 Å². The van der Waals surface area contributed by atoms with E-state index in [0.717, 1.165) is 17.7 Å². The molecular weight excluding hydrogens is 194 g/mol. The second kappa shape index (κ2) is 3.92.